The monoisotopic (exact) mass is 1010 g/mol. The number of carbonyl (C=O) groups is 2. The molecule has 2 atom stereocenters. The van der Waals surface area contributed by atoms with E-state index in [0.717, 1.165) is 44.9 Å². The number of phosphoric ester groups is 1. The summed E-state index contributed by atoms with van der Waals surface area (Å²) in [6, 6.07) is 0. The van der Waals surface area contributed by atoms with Gasteiger partial charge in [0.15, 0.2) is 6.10 Å². The highest BCUT2D eigenvalue weighted by Crippen LogP contribution is 2.43. The van der Waals surface area contributed by atoms with Gasteiger partial charge >= 0.3 is 19.8 Å². The van der Waals surface area contributed by atoms with Crippen molar-refractivity contribution >= 4 is 19.8 Å². The Morgan fingerprint density at radius 1 is 0.443 bits per heavy atom. The van der Waals surface area contributed by atoms with Gasteiger partial charge in [-0.25, -0.2) is 4.57 Å². The summed E-state index contributed by atoms with van der Waals surface area (Å²) in [7, 11) is 1.48. The molecular weight excluding hydrogens is 894 g/mol. The largest absolute Gasteiger partial charge is 0.472 e. The number of unbranched alkanes of at least 4 members (excludes halogenated alkanes) is 35. The molecule has 0 aromatic rings. The lowest BCUT2D eigenvalue weighted by molar-refractivity contribution is -0.870. The van der Waals surface area contributed by atoms with Crippen molar-refractivity contribution in [2.45, 2.75) is 290 Å². The summed E-state index contributed by atoms with van der Waals surface area (Å²) in [6.45, 7) is 4.46. The Balaban J connectivity index is 4.13. The maximum atomic E-state index is 12.8. The van der Waals surface area contributed by atoms with Crippen LogP contribution >= 0.6 is 7.82 Å². The number of allylic oxidation sites excluding steroid dienone is 6. The van der Waals surface area contributed by atoms with Crippen LogP contribution in [0.1, 0.15) is 284 Å². The molecule has 0 saturated heterocycles. The molecule has 0 aliphatic rings. The zero-order chi connectivity index (χ0) is 51.3. The molecular formula is C60H115NO8P+. The Hall–Kier alpha value is -1.77. The molecule has 0 aromatic heterocycles. The third-order valence-electron chi connectivity index (χ3n) is 13.1. The molecule has 2 unspecified atom stereocenters. The van der Waals surface area contributed by atoms with Crippen molar-refractivity contribution in [3.05, 3.63) is 36.5 Å². The fourth-order valence-electron chi connectivity index (χ4n) is 8.51. The molecule has 1 N–H and O–H groups in total. The number of quaternary nitrogens is 1. The van der Waals surface area contributed by atoms with Crippen LogP contribution in [0, 0.1) is 0 Å². The number of hydrogen-bond donors (Lipinski definition) is 1. The topological polar surface area (TPSA) is 108 Å². The first-order valence-electron chi connectivity index (χ1n) is 29.7. The van der Waals surface area contributed by atoms with Crippen molar-refractivity contribution in [1.29, 1.82) is 0 Å². The van der Waals surface area contributed by atoms with Crippen LogP contribution in [0.25, 0.3) is 0 Å². The third-order valence-corrected chi connectivity index (χ3v) is 14.1. The van der Waals surface area contributed by atoms with Crippen molar-refractivity contribution in [1.82, 2.24) is 0 Å². The van der Waals surface area contributed by atoms with Crippen molar-refractivity contribution in [2.75, 3.05) is 47.5 Å². The van der Waals surface area contributed by atoms with Crippen LogP contribution in [0.4, 0.5) is 0 Å². The lowest BCUT2D eigenvalue weighted by Crippen LogP contribution is -2.37. The predicted molar refractivity (Wildman–Crippen MR) is 298 cm³/mol. The van der Waals surface area contributed by atoms with Gasteiger partial charge in [0.2, 0.25) is 0 Å². The second-order valence-corrected chi connectivity index (χ2v) is 22.8. The second kappa shape index (κ2) is 52.1. The molecule has 10 heteroatoms. The minimum Gasteiger partial charge on any atom is -0.462 e. The second-order valence-electron chi connectivity index (χ2n) is 21.4. The van der Waals surface area contributed by atoms with Crippen LogP contribution in [0.5, 0.6) is 0 Å². The van der Waals surface area contributed by atoms with E-state index in [9.17, 15) is 19.0 Å². The van der Waals surface area contributed by atoms with Crippen LogP contribution < -0.4 is 0 Å². The number of phosphoric acid groups is 1. The average molecular weight is 1010 g/mol. The highest BCUT2D eigenvalue weighted by molar-refractivity contribution is 7.47. The first-order valence-corrected chi connectivity index (χ1v) is 31.2. The van der Waals surface area contributed by atoms with Gasteiger partial charge in [0.05, 0.1) is 27.7 Å². The van der Waals surface area contributed by atoms with Gasteiger partial charge in [-0.1, -0.05) is 237 Å². The third kappa shape index (κ3) is 55.5. The highest BCUT2D eigenvalue weighted by atomic mass is 31.2. The number of nitrogens with zero attached hydrogens (tertiary/aromatic N) is 1. The molecule has 0 aliphatic heterocycles. The lowest BCUT2D eigenvalue weighted by atomic mass is 10.0. The molecule has 0 aromatic carbocycles. The van der Waals surface area contributed by atoms with E-state index >= 15 is 0 Å². The van der Waals surface area contributed by atoms with Gasteiger partial charge in [-0.15, -0.1) is 0 Å². The highest BCUT2D eigenvalue weighted by Gasteiger charge is 2.27. The minimum atomic E-state index is -4.39. The van der Waals surface area contributed by atoms with Gasteiger partial charge in [-0.2, -0.15) is 0 Å². The Morgan fingerprint density at radius 3 is 1.14 bits per heavy atom. The maximum Gasteiger partial charge on any atom is 0.472 e. The van der Waals surface area contributed by atoms with Gasteiger partial charge in [-0.3, -0.25) is 18.6 Å². The zero-order valence-corrected chi connectivity index (χ0v) is 47.7. The molecule has 0 radical (unpaired) electrons. The summed E-state index contributed by atoms with van der Waals surface area (Å²) in [5, 5.41) is 0. The first kappa shape index (κ1) is 68.2. The van der Waals surface area contributed by atoms with Crippen LogP contribution in [-0.4, -0.2) is 74.9 Å². The lowest BCUT2D eigenvalue weighted by Gasteiger charge is -2.24. The fraction of sp³-hybridized carbons (Fsp3) is 0.867. The molecule has 0 saturated carbocycles. The van der Waals surface area contributed by atoms with E-state index in [-0.39, 0.29) is 25.6 Å². The molecule has 9 nitrogen and oxygen atoms in total. The van der Waals surface area contributed by atoms with Crippen molar-refractivity contribution in [2.24, 2.45) is 0 Å². The molecule has 0 heterocycles. The van der Waals surface area contributed by atoms with Crippen molar-refractivity contribution in [3.8, 4) is 0 Å². The normalized spacial score (nSPS) is 13.5. The molecule has 0 spiro atoms. The molecule has 0 aliphatic carbocycles. The van der Waals surface area contributed by atoms with E-state index in [1.807, 2.05) is 21.1 Å². The van der Waals surface area contributed by atoms with E-state index in [1.165, 1.54) is 205 Å². The zero-order valence-electron chi connectivity index (χ0n) is 46.8. The number of rotatable bonds is 55. The maximum absolute atomic E-state index is 12.8. The fourth-order valence-corrected chi connectivity index (χ4v) is 9.25. The quantitative estimate of drug-likeness (QED) is 0.0211. The number of carbonyl (C=O) groups excluding carboxylic acids is 2. The summed E-state index contributed by atoms with van der Waals surface area (Å²) in [6.07, 6.45) is 63.5. The Morgan fingerprint density at radius 2 is 0.771 bits per heavy atom. The Labute approximate surface area is 433 Å². The van der Waals surface area contributed by atoms with Gasteiger partial charge in [-0.05, 0) is 70.6 Å². The number of ether oxygens (including phenoxy) is 2. The molecule has 0 rings (SSSR count). The van der Waals surface area contributed by atoms with Gasteiger partial charge in [0, 0.05) is 12.8 Å². The van der Waals surface area contributed by atoms with Crippen LogP contribution in [0.3, 0.4) is 0 Å². The summed E-state index contributed by atoms with van der Waals surface area (Å²) in [5.41, 5.74) is 0. The molecule has 70 heavy (non-hydrogen) atoms. The smallest absolute Gasteiger partial charge is 0.462 e. The summed E-state index contributed by atoms with van der Waals surface area (Å²) < 4.78 is 34.6. The summed E-state index contributed by atoms with van der Waals surface area (Å²) in [5.74, 6) is -0.791. The SMILES string of the molecule is CCCCCCC/C=C\C/C=C\CCCCCCCCCCCC(=O)OC(COC(=O)CCCCCCCCCCCCCCC/C=C\CCCCCCCCCC)COP(=O)(O)OCC[N+](C)(C)C. The molecule has 0 amide bonds. The molecule has 0 bridgehead atoms. The first-order chi connectivity index (χ1) is 34.0. The van der Waals surface area contributed by atoms with Crippen LogP contribution in [0.2, 0.25) is 0 Å². The standard InChI is InChI=1S/C60H114NO8P/c1-6-8-10-12-14-16-18-20-22-24-26-28-29-30-31-33-34-36-38-40-42-44-46-48-50-52-59(62)66-56-58(57-68-70(64,65)67-55-54-61(3,4)5)69-60(63)53-51-49-47-45-43-41-39-37-35-32-27-25-23-21-19-17-15-13-11-9-7-2/h19,21,24-27,58H,6-18,20,22-23,28-57H2,1-5H3/p+1/b21-19-,26-24-,27-25-. The van der Waals surface area contributed by atoms with E-state index in [1.54, 1.807) is 0 Å². The van der Waals surface area contributed by atoms with Gasteiger partial charge in [0.25, 0.3) is 0 Å². The van der Waals surface area contributed by atoms with Gasteiger partial charge < -0.3 is 18.9 Å². The molecule has 412 valence electrons. The minimum absolute atomic E-state index is 0.0318. The van der Waals surface area contributed by atoms with E-state index in [0.29, 0.717) is 23.9 Å². The average Bonchev–Trinajstić information content (AvgIpc) is 3.32. The van der Waals surface area contributed by atoms with Gasteiger partial charge in [0.1, 0.15) is 19.8 Å². The number of esters is 2. The van der Waals surface area contributed by atoms with E-state index in [4.69, 9.17) is 18.5 Å². The predicted octanol–water partition coefficient (Wildman–Crippen LogP) is 18.4. The number of likely N-dealkylation sites (N-methyl/N-ethyl adjacent to an activating group) is 1. The van der Waals surface area contributed by atoms with E-state index < -0.39 is 26.5 Å². The van der Waals surface area contributed by atoms with Crippen molar-refractivity contribution < 1.29 is 42.1 Å². The Kier molecular flexibility index (Phi) is 50.8. The summed E-state index contributed by atoms with van der Waals surface area (Å²) >= 11 is 0. The van der Waals surface area contributed by atoms with Crippen LogP contribution in [-0.2, 0) is 32.7 Å². The molecule has 0 fully saturated rings. The summed E-state index contributed by atoms with van der Waals surface area (Å²) in [4.78, 5) is 35.7. The van der Waals surface area contributed by atoms with Crippen LogP contribution in [0.15, 0.2) is 36.5 Å². The van der Waals surface area contributed by atoms with E-state index in [2.05, 4.69) is 50.3 Å². The number of hydrogen-bond acceptors (Lipinski definition) is 7. The Bertz CT molecular complexity index is 1280. The van der Waals surface area contributed by atoms with Crippen molar-refractivity contribution in [3.63, 3.8) is 0 Å².